The third-order valence-corrected chi connectivity index (χ3v) is 7.53. The molecule has 1 rings (SSSR count). The van der Waals surface area contributed by atoms with Crippen LogP contribution in [0.3, 0.4) is 0 Å². The van der Waals surface area contributed by atoms with Gasteiger partial charge in [-0.25, -0.2) is 4.79 Å². The van der Waals surface area contributed by atoms with Gasteiger partial charge in [-0.3, -0.25) is 19.2 Å². The summed E-state index contributed by atoms with van der Waals surface area (Å²) in [6.07, 6.45) is 1.41. The number of aliphatic carboxylic acids is 2. The number of carboxylic acids is 2. The molecule has 0 radical (unpaired) electrons. The van der Waals surface area contributed by atoms with E-state index >= 15 is 0 Å². The second-order valence-electron chi connectivity index (χ2n) is 11.2. The van der Waals surface area contributed by atoms with Gasteiger partial charge in [0.05, 0.1) is 6.61 Å². The van der Waals surface area contributed by atoms with Crippen molar-refractivity contribution in [3.63, 3.8) is 0 Å². The Kier molecular flexibility index (Phi) is 19.4. The standard InChI is InChI=1S/C29H51N3O12/c1-2-3-4-5-6-7-8-9-10-11-12-18(27(41)31-19(29(42)43)13-16-23(36)37)30-21(34)14-15-22(35)32-28-26(40)25(39)24(38)20(17-33)44-28/h18-20,24-26,28,33,38-40H,2-17H2,1H3,(H,30,34)(H,31,41)(H,32,35)(H,36,37)(H,42,43)/t18-,19+,20-,24-,25+,26-,28-/m1/s1. The number of carbonyl (C=O) groups excluding carboxylic acids is 3. The highest BCUT2D eigenvalue weighted by Gasteiger charge is 2.44. The largest absolute Gasteiger partial charge is 0.481 e. The Bertz CT molecular complexity index is 903. The molecule has 9 N–H and O–H groups in total. The number of hydrogen-bond acceptors (Lipinski definition) is 10. The number of hydrogen-bond donors (Lipinski definition) is 9. The Morgan fingerprint density at radius 1 is 0.682 bits per heavy atom. The second kappa shape index (κ2) is 21.8. The van der Waals surface area contributed by atoms with Crippen LogP contribution in [0.15, 0.2) is 0 Å². The molecule has 254 valence electrons. The van der Waals surface area contributed by atoms with Gasteiger partial charge < -0.3 is 51.3 Å². The van der Waals surface area contributed by atoms with Gasteiger partial charge in [-0.1, -0.05) is 71.1 Å². The zero-order valence-electron chi connectivity index (χ0n) is 25.5. The molecule has 0 aromatic rings. The smallest absolute Gasteiger partial charge is 0.326 e. The molecule has 3 amide bonds. The first kappa shape index (κ1) is 39.2. The number of unbranched alkanes of at least 4 members (excludes halogenated alkanes) is 9. The number of nitrogens with one attached hydrogen (secondary N) is 3. The maximum atomic E-state index is 13.0. The fourth-order valence-electron chi connectivity index (χ4n) is 4.85. The maximum absolute atomic E-state index is 13.0. The van der Waals surface area contributed by atoms with Gasteiger partial charge in [0.1, 0.15) is 36.5 Å². The summed E-state index contributed by atoms with van der Waals surface area (Å²) < 4.78 is 5.22. The first-order valence-electron chi connectivity index (χ1n) is 15.5. The molecule has 44 heavy (non-hydrogen) atoms. The molecule has 15 heteroatoms. The number of aliphatic hydroxyl groups excluding tert-OH is 4. The number of carboxylic acid groups (broad SMARTS) is 2. The SMILES string of the molecule is CCCCCCCCCCCC[C@@H](NC(=O)CCC(=O)N[C@@H]1O[C@H](CO)[C@@H](O)[C@H](O)[C@H]1O)C(=O)N[C@@H](CCC(=O)O)C(=O)O. The number of carbonyl (C=O) groups is 5. The summed E-state index contributed by atoms with van der Waals surface area (Å²) in [4.78, 5) is 60.5. The summed E-state index contributed by atoms with van der Waals surface area (Å²) in [6, 6.07) is -2.58. The summed E-state index contributed by atoms with van der Waals surface area (Å²) in [5.41, 5.74) is 0. The van der Waals surface area contributed by atoms with Gasteiger partial charge in [0, 0.05) is 19.3 Å². The lowest BCUT2D eigenvalue weighted by atomic mass is 9.98. The van der Waals surface area contributed by atoms with Crippen molar-refractivity contribution in [2.45, 2.75) is 146 Å². The minimum atomic E-state index is -1.69. The molecule has 0 spiro atoms. The van der Waals surface area contributed by atoms with E-state index in [1.54, 1.807) is 0 Å². The monoisotopic (exact) mass is 633 g/mol. The van der Waals surface area contributed by atoms with Gasteiger partial charge >= 0.3 is 11.9 Å². The van der Waals surface area contributed by atoms with E-state index in [9.17, 15) is 49.5 Å². The topological polar surface area (TPSA) is 252 Å². The summed E-state index contributed by atoms with van der Waals surface area (Å²) in [5, 5.41) is 64.5. The molecule has 0 saturated carbocycles. The van der Waals surface area contributed by atoms with E-state index in [4.69, 9.17) is 9.84 Å². The molecule has 0 aromatic carbocycles. The van der Waals surface area contributed by atoms with Gasteiger partial charge in [0.2, 0.25) is 17.7 Å². The summed E-state index contributed by atoms with van der Waals surface area (Å²) in [7, 11) is 0. The van der Waals surface area contributed by atoms with E-state index < -0.39 is 91.8 Å². The van der Waals surface area contributed by atoms with Crippen LogP contribution in [0.4, 0.5) is 0 Å². The quantitative estimate of drug-likeness (QED) is 0.0670. The molecular formula is C29H51N3O12. The Labute approximate surface area is 257 Å². The van der Waals surface area contributed by atoms with Crippen molar-refractivity contribution in [2.24, 2.45) is 0 Å². The van der Waals surface area contributed by atoms with E-state index in [-0.39, 0.29) is 19.3 Å². The number of amides is 3. The lowest BCUT2D eigenvalue weighted by Gasteiger charge is -2.40. The highest BCUT2D eigenvalue weighted by molar-refractivity contribution is 5.91. The summed E-state index contributed by atoms with van der Waals surface area (Å²) >= 11 is 0. The molecule has 15 nitrogen and oxygen atoms in total. The molecule has 1 heterocycles. The molecule has 0 aliphatic carbocycles. The number of ether oxygens (including phenoxy) is 1. The van der Waals surface area contributed by atoms with Crippen LogP contribution in [0.25, 0.3) is 0 Å². The van der Waals surface area contributed by atoms with Crippen LogP contribution in [-0.2, 0) is 28.7 Å². The lowest BCUT2D eigenvalue weighted by molar-refractivity contribution is -0.236. The molecule has 1 aliphatic heterocycles. The Morgan fingerprint density at radius 2 is 1.25 bits per heavy atom. The van der Waals surface area contributed by atoms with Crippen LogP contribution >= 0.6 is 0 Å². The third kappa shape index (κ3) is 15.2. The van der Waals surface area contributed by atoms with Crippen LogP contribution in [0, 0.1) is 0 Å². The lowest BCUT2D eigenvalue weighted by Crippen LogP contribution is -2.63. The highest BCUT2D eigenvalue weighted by atomic mass is 16.6. The molecule has 1 saturated heterocycles. The molecule has 0 bridgehead atoms. The Hall–Kier alpha value is -2.85. The average Bonchev–Trinajstić information content (AvgIpc) is 2.98. The van der Waals surface area contributed by atoms with E-state index in [1.165, 1.54) is 25.7 Å². The highest BCUT2D eigenvalue weighted by Crippen LogP contribution is 2.20. The van der Waals surface area contributed by atoms with Gasteiger partial charge in [-0.15, -0.1) is 0 Å². The molecule has 0 unspecified atom stereocenters. The second-order valence-corrected chi connectivity index (χ2v) is 11.2. The predicted octanol–water partition coefficient (Wildman–Crippen LogP) is -0.0873. The molecule has 1 fully saturated rings. The zero-order chi connectivity index (χ0) is 33.1. The zero-order valence-corrected chi connectivity index (χ0v) is 25.5. The Balaban J connectivity index is 2.67. The number of aliphatic hydroxyl groups is 4. The fourth-order valence-corrected chi connectivity index (χ4v) is 4.85. The average molecular weight is 634 g/mol. The van der Waals surface area contributed by atoms with Crippen LogP contribution in [-0.4, -0.2) is 110 Å². The van der Waals surface area contributed by atoms with Crippen LogP contribution in [0.1, 0.15) is 103 Å². The van der Waals surface area contributed by atoms with E-state index in [0.717, 1.165) is 32.1 Å². The Morgan fingerprint density at radius 3 is 1.80 bits per heavy atom. The van der Waals surface area contributed by atoms with Crippen molar-refractivity contribution in [3.8, 4) is 0 Å². The van der Waals surface area contributed by atoms with Gasteiger partial charge in [-0.2, -0.15) is 0 Å². The van der Waals surface area contributed by atoms with Crippen molar-refractivity contribution in [1.29, 1.82) is 0 Å². The summed E-state index contributed by atoms with van der Waals surface area (Å²) in [5.74, 6) is -4.84. The molecular weight excluding hydrogens is 582 g/mol. The van der Waals surface area contributed by atoms with E-state index in [2.05, 4.69) is 22.9 Å². The molecule has 1 aliphatic rings. The minimum absolute atomic E-state index is 0.205. The predicted molar refractivity (Wildman–Crippen MR) is 156 cm³/mol. The van der Waals surface area contributed by atoms with Gasteiger partial charge in [0.25, 0.3) is 0 Å². The number of rotatable bonds is 23. The van der Waals surface area contributed by atoms with Crippen LogP contribution in [0.2, 0.25) is 0 Å². The van der Waals surface area contributed by atoms with Gasteiger partial charge in [-0.05, 0) is 12.8 Å². The van der Waals surface area contributed by atoms with E-state index in [1.807, 2.05) is 0 Å². The van der Waals surface area contributed by atoms with Gasteiger partial charge in [0.15, 0.2) is 6.23 Å². The molecule has 7 atom stereocenters. The van der Waals surface area contributed by atoms with Crippen molar-refractivity contribution >= 4 is 29.7 Å². The maximum Gasteiger partial charge on any atom is 0.326 e. The van der Waals surface area contributed by atoms with Crippen LogP contribution in [0.5, 0.6) is 0 Å². The normalized spacial score (nSPS) is 22.9. The molecule has 0 aromatic heterocycles. The van der Waals surface area contributed by atoms with Crippen molar-refractivity contribution < 1.29 is 59.3 Å². The van der Waals surface area contributed by atoms with E-state index in [0.29, 0.717) is 6.42 Å². The van der Waals surface area contributed by atoms with Crippen molar-refractivity contribution in [3.05, 3.63) is 0 Å². The summed E-state index contributed by atoms with van der Waals surface area (Å²) in [6.45, 7) is 1.49. The minimum Gasteiger partial charge on any atom is -0.481 e. The third-order valence-electron chi connectivity index (χ3n) is 7.53. The first-order valence-corrected chi connectivity index (χ1v) is 15.5. The van der Waals surface area contributed by atoms with Crippen LogP contribution < -0.4 is 16.0 Å². The first-order chi connectivity index (χ1) is 20.9. The van der Waals surface area contributed by atoms with Crippen molar-refractivity contribution in [1.82, 2.24) is 16.0 Å². The van der Waals surface area contributed by atoms with Crippen molar-refractivity contribution in [2.75, 3.05) is 6.61 Å². The fraction of sp³-hybridized carbons (Fsp3) is 0.828.